The highest BCUT2D eigenvalue weighted by Gasteiger charge is 2.16. The Morgan fingerprint density at radius 2 is 1.81 bits per heavy atom. The van der Waals surface area contributed by atoms with Gasteiger partial charge in [0.15, 0.2) is 16.3 Å². The highest BCUT2D eigenvalue weighted by atomic mass is 32.2. The molecule has 0 fully saturated rings. The number of hydrogen-bond acceptors (Lipinski definition) is 7. The lowest BCUT2D eigenvalue weighted by Crippen LogP contribution is -2.23. The predicted molar refractivity (Wildman–Crippen MR) is 123 cm³/mol. The molecule has 0 spiro atoms. The van der Waals surface area contributed by atoms with Gasteiger partial charge in [0.25, 0.3) is 5.91 Å². The first-order valence-corrected chi connectivity index (χ1v) is 11.6. The topological polar surface area (TPSA) is 79.1 Å². The molecule has 2 aromatic carbocycles. The minimum atomic E-state index is -0.399. The van der Waals surface area contributed by atoms with Gasteiger partial charge in [-0.05, 0) is 12.5 Å². The number of aromatic nitrogens is 1. The normalized spacial score (nSPS) is 11.5. The standard InChI is InChI=1S/C22H24N2O5S2/c1-4-29-21(26)12-24-16-10-17(27-2)18(28-3)11-19(16)31-22(24)23-20(25)14-30-13-15-8-6-5-7-9-15/h5-11H,4,12-14H2,1-3H3. The maximum atomic E-state index is 12.5. The number of fused-ring (bicyclic) bond motifs is 1. The molecule has 0 aliphatic rings. The average molecular weight is 461 g/mol. The quantitative estimate of drug-likeness (QED) is 0.454. The van der Waals surface area contributed by atoms with E-state index in [1.807, 2.05) is 36.4 Å². The molecule has 0 unspecified atom stereocenters. The minimum Gasteiger partial charge on any atom is -0.493 e. The molecule has 3 aromatic rings. The maximum absolute atomic E-state index is 12.5. The van der Waals surface area contributed by atoms with Gasteiger partial charge >= 0.3 is 5.97 Å². The molecule has 1 aromatic heterocycles. The van der Waals surface area contributed by atoms with Gasteiger partial charge in [-0.1, -0.05) is 41.7 Å². The predicted octanol–water partition coefficient (Wildman–Crippen LogP) is 3.64. The van der Waals surface area contributed by atoms with Crippen LogP contribution >= 0.6 is 23.1 Å². The van der Waals surface area contributed by atoms with Crippen molar-refractivity contribution >= 4 is 45.2 Å². The zero-order valence-electron chi connectivity index (χ0n) is 17.6. The molecule has 7 nitrogen and oxygen atoms in total. The summed E-state index contributed by atoms with van der Waals surface area (Å²) in [6, 6.07) is 13.5. The van der Waals surface area contributed by atoms with Crippen molar-refractivity contribution in [1.29, 1.82) is 0 Å². The van der Waals surface area contributed by atoms with Gasteiger partial charge in [-0.25, -0.2) is 0 Å². The lowest BCUT2D eigenvalue weighted by molar-refractivity contribution is -0.143. The third-order valence-corrected chi connectivity index (χ3v) is 6.37. The molecule has 0 saturated heterocycles. The van der Waals surface area contributed by atoms with Crippen molar-refractivity contribution < 1.29 is 23.8 Å². The third-order valence-electron chi connectivity index (χ3n) is 4.34. The van der Waals surface area contributed by atoms with Gasteiger partial charge < -0.3 is 18.8 Å². The summed E-state index contributed by atoms with van der Waals surface area (Å²) >= 11 is 2.81. The molecule has 0 atom stereocenters. The Hall–Kier alpha value is -2.78. The van der Waals surface area contributed by atoms with Crippen molar-refractivity contribution in [3.63, 3.8) is 0 Å². The number of carbonyl (C=O) groups is 2. The van der Waals surface area contributed by atoms with Crippen molar-refractivity contribution in [3.8, 4) is 11.5 Å². The number of ether oxygens (including phenoxy) is 3. The van der Waals surface area contributed by atoms with Gasteiger partial charge in [0.1, 0.15) is 6.54 Å². The summed E-state index contributed by atoms with van der Waals surface area (Å²) in [6.45, 7) is 1.98. The molecule has 3 rings (SSSR count). The Morgan fingerprint density at radius 1 is 1.10 bits per heavy atom. The van der Waals surface area contributed by atoms with Gasteiger partial charge in [0.2, 0.25) is 0 Å². The third kappa shape index (κ3) is 5.89. The van der Waals surface area contributed by atoms with E-state index >= 15 is 0 Å². The first-order chi connectivity index (χ1) is 15.0. The second-order valence-electron chi connectivity index (χ2n) is 6.43. The summed E-state index contributed by atoms with van der Waals surface area (Å²) in [5.41, 5.74) is 1.87. The van der Waals surface area contributed by atoms with Crippen LogP contribution in [0.1, 0.15) is 12.5 Å². The molecule has 0 radical (unpaired) electrons. The fourth-order valence-electron chi connectivity index (χ4n) is 2.94. The Morgan fingerprint density at radius 3 is 2.48 bits per heavy atom. The Bertz CT molecular complexity index is 1120. The van der Waals surface area contributed by atoms with Crippen molar-refractivity contribution in [2.24, 2.45) is 4.99 Å². The first-order valence-electron chi connectivity index (χ1n) is 9.66. The summed E-state index contributed by atoms with van der Waals surface area (Å²) in [6.07, 6.45) is 0. The molecule has 1 amide bonds. The van der Waals surface area contributed by atoms with Gasteiger partial charge in [0.05, 0.1) is 36.8 Å². The number of thiazole rings is 1. The SMILES string of the molecule is CCOC(=O)Cn1c(=NC(=O)CSCc2ccccc2)sc2cc(OC)c(OC)cc21. The van der Waals surface area contributed by atoms with Crippen LogP contribution in [0.2, 0.25) is 0 Å². The van der Waals surface area contributed by atoms with E-state index in [2.05, 4.69) is 4.99 Å². The van der Waals surface area contributed by atoms with Crippen LogP contribution in [0.4, 0.5) is 0 Å². The van der Waals surface area contributed by atoms with E-state index in [1.54, 1.807) is 31.8 Å². The number of nitrogens with zero attached hydrogens (tertiary/aromatic N) is 2. The smallest absolute Gasteiger partial charge is 0.326 e. The molecule has 164 valence electrons. The van der Waals surface area contributed by atoms with E-state index in [0.29, 0.717) is 16.3 Å². The highest BCUT2D eigenvalue weighted by Crippen LogP contribution is 2.33. The summed E-state index contributed by atoms with van der Waals surface area (Å²) in [5.74, 6) is 1.41. The van der Waals surface area contributed by atoms with Crippen LogP contribution in [0.25, 0.3) is 10.2 Å². The number of carbonyl (C=O) groups excluding carboxylic acids is 2. The van der Waals surface area contributed by atoms with E-state index < -0.39 is 5.97 Å². The van der Waals surface area contributed by atoms with Gasteiger partial charge in [0, 0.05) is 17.9 Å². The second-order valence-corrected chi connectivity index (χ2v) is 8.43. The van der Waals surface area contributed by atoms with Crippen molar-refractivity contribution in [2.45, 2.75) is 19.2 Å². The maximum Gasteiger partial charge on any atom is 0.326 e. The number of thioether (sulfide) groups is 1. The molecular weight excluding hydrogens is 436 g/mol. The molecule has 0 saturated carbocycles. The number of rotatable bonds is 9. The largest absolute Gasteiger partial charge is 0.493 e. The zero-order valence-corrected chi connectivity index (χ0v) is 19.3. The average Bonchev–Trinajstić information content (AvgIpc) is 3.09. The Labute approximate surface area is 188 Å². The van der Waals surface area contributed by atoms with Gasteiger partial charge in [-0.3, -0.25) is 9.59 Å². The number of esters is 1. The number of benzene rings is 2. The minimum absolute atomic E-state index is 0.0490. The van der Waals surface area contributed by atoms with E-state index in [9.17, 15) is 9.59 Å². The summed E-state index contributed by atoms with van der Waals surface area (Å²) in [4.78, 5) is 29.4. The monoisotopic (exact) mass is 460 g/mol. The van der Waals surface area contributed by atoms with Crippen LogP contribution in [-0.2, 0) is 26.6 Å². The Kier molecular flexibility index (Phi) is 8.13. The Balaban J connectivity index is 1.90. The lowest BCUT2D eigenvalue weighted by Gasteiger charge is -2.09. The molecule has 0 aliphatic carbocycles. The highest BCUT2D eigenvalue weighted by molar-refractivity contribution is 7.99. The van der Waals surface area contributed by atoms with Crippen LogP contribution in [0.15, 0.2) is 47.5 Å². The number of amides is 1. The van der Waals surface area contributed by atoms with Crippen molar-refractivity contribution in [1.82, 2.24) is 4.57 Å². The summed E-state index contributed by atoms with van der Waals surface area (Å²) in [7, 11) is 3.10. The van der Waals surface area contributed by atoms with Crippen LogP contribution in [0, 0.1) is 0 Å². The van der Waals surface area contributed by atoms with Crippen LogP contribution in [0.5, 0.6) is 11.5 Å². The molecular formula is C22H24N2O5S2. The molecule has 1 heterocycles. The number of hydrogen-bond donors (Lipinski definition) is 0. The van der Waals surface area contributed by atoms with E-state index in [4.69, 9.17) is 14.2 Å². The fraction of sp³-hybridized carbons (Fsp3) is 0.318. The number of methoxy groups -OCH3 is 2. The van der Waals surface area contributed by atoms with E-state index in [1.165, 1.54) is 23.1 Å². The molecule has 9 heteroatoms. The zero-order chi connectivity index (χ0) is 22.2. The summed E-state index contributed by atoms with van der Waals surface area (Å²) in [5, 5.41) is 0. The molecule has 31 heavy (non-hydrogen) atoms. The van der Waals surface area contributed by atoms with E-state index in [-0.39, 0.29) is 24.8 Å². The fourth-order valence-corrected chi connectivity index (χ4v) is 4.77. The van der Waals surface area contributed by atoms with Crippen LogP contribution < -0.4 is 14.3 Å². The van der Waals surface area contributed by atoms with E-state index in [0.717, 1.165) is 21.5 Å². The van der Waals surface area contributed by atoms with Crippen LogP contribution in [0.3, 0.4) is 0 Å². The van der Waals surface area contributed by atoms with Crippen molar-refractivity contribution in [3.05, 3.63) is 52.8 Å². The van der Waals surface area contributed by atoms with Gasteiger partial charge in [-0.2, -0.15) is 4.99 Å². The first kappa shape index (κ1) is 22.9. The van der Waals surface area contributed by atoms with Crippen molar-refractivity contribution in [2.75, 3.05) is 26.6 Å². The second kappa shape index (κ2) is 11.0. The van der Waals surface area contributed by atoms with Crippen LogP contribution in [-0.4, -0.2) is 43.0 Å². The molecule has 0 N–H and O–H groups in total. The van der Waals surface area contributed by atoms with Gasteiger partial charge in [-0.15, -0.1) is 11.8 Å². The summed E-state index contributed by atoms with van der Waals surface area (Å²) < 4.78 is 18.4. The molecule has 0 aliphatic heterocycles. The molecule has 0 bridgehead atoms. The lowest BCUT2D eigenvalue weighted by atomic mass is 10.2.